The van der Waals surface area contributed by atoms with Crippen LogP contribution >= 0.6 is 23.1 Å². The van der Waals surface area contributed by atoms with E-state index < -0.39 is 0 Å². The molecule has 0 aliphatic carbocycles. The first kappa shape index (κ1) is 17.5. The standard InChI is InChI=1S/C19H18N2O2S2/c1-23-15-9-6-14(7-10-15)8-11-18(22)20-12-13-24-19-21-16-4-2-3-5-17(16)25-19/h2-11H,12-13H2,1H3,(H,20,22)/b11-8-. The van der Waals surface area contributed by atoms with Crippen molar-refractivity contribution in [2.24, 2.45) is 0 Å². The zero-order chi connectivity index (χ0) is 17.5. The van der Waals surface area contributed by atoms with Crippen molar-refractivity contribution >= 4 is 45.3 Å². The summed E-state index contributed by atoms with van der Waals surface area (Å²) in [6.07, 6.45) is 3.33. The quantitative estimate of drug-likeness (QED) is 0.384. The largest absolute Gasteiger partial charge is 0.497 e. The van der Waals surface area contributed by atoms with Crippen LogP contribution in [0.3, 0.4) is 0 Å². The van der Waals surface area contributed by atoms with Crippen LogP contribution in [0.15, 0.2) is 58.9 Å². The number of thiazole rings is 1. The van der Waals surface area contributed by atoms with E-state index in [9.17, 15) is 4.79 Å². The molecule has 0 radical (unpaired) electrons. The Kier molecular flexibility index (Phi) is 6.09. The Balaban J connectivity index is 1.42. The fourth-order valence-electron chi connectivity index (χ4n) is 2.17. The number of amides is 1. The lowest BCUT2D eigenvalue weighted by Gasteiger charge is -2.01. The summed E-state index contributed by atoms with van der Waals surface area (Å²) in [5, 5.41) is 2.89. The molecule has 25 heavy (non-hydrogen) atoms. The predicted molar refractivity (Wildman–Crippen MR) is 105 cm³/mol. The van der Waals surface area contributed by atoms with Crippen molar-refractivity contribution in [3.8, 4) is 5.75 Å². The van der Waals surface area contributed by atoms with E-state index in [1.165, 1.54) is 4.70 Å². The molecule has 3 aromatic rings. The van der Waals surface area contributed by atoms with Crippen LogP contribution in [0.5, 0.6) is 5.75 Å². The molecule has 1 aromatic heterocycles. The molecule has 0 unspecified atom stereocenters. The van der Waals surface area contributed by atoms with Gasteiger partial charge in [-0.1, -0.05) is 36.0 Å². The molecule has 0 saturated carbocycles. The van der Waals surface area contributed by atoms with Crippen molar-refractivity contribution in [3.63, 3.8) is 0 Å². The number of methoxy groups -OCH3 is 1. The normalized spacial score (nSPS) is 11.1. The molecule has 1 N–H and O–H groups in total. The van der Waals surface area contributed by atoms with E-state index in [0.717, 1.165) is 26.9 Å². The van der Waals surface area contributed by atoms with Gasteiger partial charge in [-0.3, -0.25) is 4.79 Å². The van der Waals surface area contributed by atoms with Gasteiger partial charge in [0.1, 0.15) is 5.75 Å². The first-order chi connectivity index (χ1) is 12.2. The number of hydrogen-bond acceptors (Lipinski definition) is 5. The first-order valence-electron chi connectivity index (χ1n) is 7.83. The van der Waals surface area contributed by atoms with Gasteiger partial charge in [-0.05, 0) is 35.9 Å². The van der Waals surface area contributed by atoms with Crippen LogP contribution in [0, 0.1) is 0 Å². The minimum absolute atomic E-state index is 0.0966. The second-order valence-electron chi connectivity index (χ2n) is 5.19. The number of nitrogens with one attached hydrogen (secondary N) is 1. The molecule has 2 aromatic carbocycles. The molecule has 1 heterocycles. The van der Waals surface area contributed by atoms with Crippen molar-refractivity contribution in [1.29, 1.82) is 0 Å². The summed E-state index contributed by atoms with van der Waals surface area (Å²) in [4.78, 5) is 16.4. The highest BCUT2D eigenvalue weighted by Crippen LogP contribution is 2.28. The van der Waals surface area contributed by atoms with Crippen molar-refractivity contribution in [2.45, 2.75) is 4.34 Å². The number of hydrogen-bond donors (Lipinski definition) is 1. The van der Waals surface area contributed by atoms with Gasteiger partial charge in [0.15, 0.2) is 4.34 Å². The minimum Gasteiger partial charge on any atom is -0.497 e. The topological polar surface area (TPSA) is 51.2 Å². The number of rotatable bonds is 7. The summed E-state index contributed by atoms with van der Waals surface area (Å²) >= 11 is 3.34. The summed E-state index contributed by atoms with van der Waals surface area (Å²) in [5.74, 6) is 1.50. The third-order valence-electron chi connectivity index (χ3n) is 3.44. The third-order valence-corrected chi connectivity index (χ3v) is 5.63. The van der Waals surface area contributed by atoms with E-state index in [1.807, 2.05) is 42.5 Å². The molecular formula is C19H18N2O2S2. The lowest BCUT2D eigenvalue weighted by molar-refractivity contribution is -0.116. The summed E-state index contributed by atoms with van der Waals surface area (Å²) in [7, 11) is 1.63. The second kappa shape index (κ2) is 8.69. The van der Waals surface area contributed by atoms with Crippen LogP contribution in [0.25, 0.3) is 16.3 Å². The van der Waals surface area contributed by atoms with Crippen LogP contribution in [0.1, 0.15) is 5.56 Å². The minimum atomic E-state index is -0.0966. The lowest BCUT2D eigenvalue weighted by atomic mass is 10.2. The molecule has 0 fully saturated rings. The van der Waals surface area contributed by atoms with Crippen molar-refractivity contribution in [1.82, 2.24) is 10.3 Å². The predicted octanol–water partition coefficient (Wildman–Crippen LogP) is 4.23. The molecule has 0 bridgehead atoms. The lowest BCUT2D eigenvalue weighted by Crippen LogP contribution is -2.23. The molecule has 0 aliphatic heterocycles. The van der Waals surface area contributed by atoms with E-state index in [-0.39, 0.29) is 5.91 Å². The van der Waals surface area contributed by atoms with Crippen LogP contribution in [-0.4, -0.2) is 30.3 Å². The zero-order valence-electron chi connectivity index (χ0n) is 13.8. The Morgan fingerprint density at radius 2 is 2.04 bits per heavy atom. The highest BCUT2D eigenvalue weighted by molar-refractivity contribution is 8.01. The molecule has 128 valence electrons. The summed E-state index contributed by atoms with van der Waals surface area (Å²) in [6.45, 7) is 0.604. The van der Waals surface area contributed by atoms with E-state index in [1.54, 1.807) is 42.4 Å². The molecular weight excluding hydrogens is 352 g/mol. The number of benzene rings is 2. The zero-order valence-corrected chi connectivity index (χ0v) is 15.4. The maximum atomic E-state index is 11.8. The molecule has 4 nitrogen and oxygen atoms in total. The number of thioether (sulfide) groups is 1. The molecule has 1 amide bonds. The van der Waals surface area contributed by atoms with E-state index in [2.05, 4.69) is 16.4 Å². The van der Waals surface area contributed by atoms with Gasteiger partial charge in [-0.2, -0.15) is 0 Å². The fourth-order valence-corrected chi connectivity index (χ4v) is 4.16. The van der Waals surface area contributed by atoms with E-state index in [4.69, 9.17) is 4.74 Å². The Bertz CT molecular complexity index is 840. The smallest absolute Gasteiger partial charge is 0.244 e. The first-order valence-corrected chi connectivity index (χ1v) is 9.63. The van der Waals surface area contributed by atoms with Crippen molar-refractivity contribution in [2.75, 3.05) is 19.4 Å². The molecule has 0 aliphatic rings. The number of ether oxygens (including phenoxy) is 1. The Hall–Kier alpha value is -2.31. The SMILES string of the molecule is COc1ccc(/C=C\C(=O)NCCSc2nc3ccccc3s2)cc1. The Morgan fingerprint density at radius 3 is 2.80 bits per heavy atom. The highest BCUT2D eigenvalue weighted by Gasteiger charge is 2.03. The molecule has 0 atom stereocenters. The Morgan fingerprint density at radius 1 is 1.24 bits per heavy atom. The molecule has 0 saturated heterocycles. The summed E-state index contributed by atoms with van der Waals surface area (Å²) in [6, 6.07) is 15.6. The maximum Gasteiger partial charge on any atom is 0.244 e. The third kappa shape index (κ3) is 5.08. The fraction of sp³-hybridized carbons (Fsp3) is 0.158. The van der Waals surface area contributed by atoms with Gasteiger partial charge >= 0.3 is 0 Å². The number of fused-ring (bicyclic) bond motifs is 1. The number of nitrogens with zero attached hydrogens (tertiary/aromatic N) is 1. The average Bonchev–Trinajstić information content (AvgIpc) is 3.07. The maximum absolute atomic E-state index is 11.8. The molecule has 3 rings (SSSR count). The van der Waals surface area contributed by atoms with Gasteiger partial charge in [0.2, 0.25) is 5.91 Å². The van der Waals surface area contributed by atoms with Crippen LogP contribution in [0.2, 0.25) is 0 Å². The Labute approximate surface area is 154 Å². The molecule has 0 spiro atoms. The highest BCUT2D eigenvalue weighted by atomic mass is 32.2. The van der Waals surface area contributed by atoms with E-state index >= 15 is 0 Å². The summed E-state index contributed by atoms with van der Waals surface area (Å²) in [5.41, 5.74) is 1.99. The average molecular weight is 370 g/mol. The number of para-hydroxylation sites is 1. The second-order valence-corrected chi connectivity index (χ2v) is 7.57. The molecule has 6 heteroatoms. The van der Waals surface area contributed by atoms with Crippen LogP contribution in [0.4, 0.5) is 0 Å². The van der Waals surface area contributed by atoms with Gasteiger partial charge < -0.3 is 10.1 Å². The number of carbonyl (C=O) groups is 1. The van der Waals surface area contributed by atoms with Crippen LogP contribution < -0.4 is 10.1 Å². The van der Waals surface area contributed by atoms with E-state index in [0.29, 0.717) is 6.54 Å². The van der Waals surface area contributed by atoms with Crippen molar-refractivity contribution in [3.05, 3.63) is 60.2 Å². The van der Waals surface area contributed by atoms with Crippen LogP contribution in [-0.2, 0) is 4.79 Å². The van der Waals surface area contributed by atoms with Gasteiger partial charge in [-0.15, -0.1) is 11.3 Å². The number of carbonyl (C=O) groups excluding carboxylic acids is 1. The monoisotopic (exact) mass is 370 g/mol. The van der Waals surface area contributed by atoms with Gasteiger partial charge in [0.05, 0.1) is 17.3 Å². The van der Waals surface area contributed by atoms with Crippen molar-refractivity contribution < 1.29 is 9.53 Å². The number of aromatic nitrogens is 1. The van der Waals surface area contributed by atoms with Gasteiger partial charge in [0, 0.05) is 18.4 Å². The van der Waals surface area contributed by atoms with Gasteiger partial charge in [-0.25, -0.2) is 4.98 Å². The van der Waals surface area contributed by atoms with Gasteiger partial charge in [0.25, 0.3) is 0 Å². The summed E-state index contributed by atoms with van der Waals surface area (Å²) < 4.78 is 7.33.